The van der Waals surface area contributed by atoms with Crippen molar-refractivity contribution in [2.45, 2.75) is 19.9 Å². The average molecular weight is 379 g/mol. The predicted molar refractivity (Wildman–Crippen MR) is 108 cm³/mol. The number of aromatic amines is 1. The van der Waals surface area contributed by atoms with E-state index in [9.17, 15) is 4.39 Å². The van der Waals surface area contributed by atoms with Crippen LogP contribution in [0, 0.1) is 5.82 Å². The van der Waals surface area contributed by atoms with Gasteiger partial charge in [0, 0.05) is 36.4 Å². The van der Waals surface area contributed by atoms with Crippen LogP contribution in [0.2, 0.25) is 0 Å². The minimum Gasteiger partial charge on any atom is -0.361 e. The molecule has 3 heterocycles. The maximum Gasteiger partial charge on any atom is 0.191 e. The second-order valence-electron chi connectivity index (χ2n) is 6.42. The fourth-order valence-corrected chi connectivity index (χ4v) is 3.17. The highest BCUT2D eigenvalue weighted by Crippen LogP contribution is 2.19. The number of benzene rings is 1. The van der Waals surface area contributed by atoms with Crippen LogP contribution in [-0.4, -0.2) is 38.6 Å². The van der Waals surface area contributed by atoms with Crippen molar-refractivity contribution in [1.29, 1.82) is 0 Å². The van der Waals surface area contributed by atoms with Crippen molar-refractivity contribution in [3.8, 4) is 0 Å². The van der Waals surface area contributed by atoms with Crippen LogP contribution in [0.4, 0.5) is 4.39 Å². The van der Waals surface area contributed by atoms with E-state index in [1.807, 2.05) is 48.0 Å². The zero-order chi connectivity index (χ0) is 19.3. The molecule has 1 aromatic carbocycles. The van der Waals surface area contributed by atoms with E-state index in [4.69, 9.17) is 0 Å². The molecule has 0 saturated heterocycles. The Morgan fingerprint density at radius 3 is 3.04 bits per heavy atom. The quantitative estimate of drug-likeness (QED) is 0.355. The monoisotopic (exact) mass is 379 g/mol. The number of aromatic nitrogens is 4. The molecule has 0 aliphatic rings. The summed E-state index contributed by atoms with van der Waals surface area (Å²) in [6.07, 6.45) is 4.66. The van der Waals surface area contributed by atoms with Crippen molar-refractivity contribution in [1.82, 2.24) is 30.2 Å². The molecule has 3 aromatic heterocycles. The summed E-state index contributed by atoms with van der Waals surface area (Å²) >= 11 is 0. The van der Waals surface area contributed by atoms with Gasteiger partial charge in [-0.25, -0.2) is 9.38 Å². The van der Waals surface area contributed by atoms with E-state index >= 15 is 0 Å². The first kappa shape index (κ1) is 18.0. The Morgan fingerprint density at radius 1 is 1.21 bits per heavy atom. The van der Waals surface area contributed by atoms with Gasteiger partial charge in [0.15, 0.2) is 17.4 Å². The minimum atomic E-state index is -0.235. The molecule has 0 saturated carbocycles. The molecule has 0 spiro atoms. The molecule has 28 heavy (non-hydrogen) atoms. The van der Waals surface area contributed by atoms with Gasteiger partial charge in [-0.1, -0.05) is 6.07 Å². The second-order valence-corrected chi connectivity index (χ2v) is 6.42. The van der Waals surface area contributed by atoms with Crippen LogP contribution in [0.25, 0.3) is 16.6 Å². The lowest BCUT2D eigenvalue weighted by Crippen LogP contribution is -2.38. The van der Waals surface area contributed by atoms with Crippen molar-refractivity contribution in [2.75, 3.05) is 13.1 Å². The zero-order valence-corrected chi connectivity index (χ0v) is 15.6. The molecular weight excluding hydrogens is 357 g/mol. The highest BCUT2D eigenvalue weighted by atomic mass is 19.1. The Labute approximate surface area is 161 Å². The topological polar surface area (TPSA) is 82.4 Å². The van der Waals surface area contributed by atoms with Crippen LogP contribution in [0.5, 0.6) is 0 Å². The van der Waals surface area contributed by atoms with E-state index in [1.54, 1.807) is 0 Å². The highest BCUT2D eigenvalue weighted by molar-refractivity contribution is 5.83. The number of fused-ring (bicyclic) bond motifs is 2. The normalized spacial score (nSPS) is 12.0. The van der Waals surface area contributed by atoms with Crippen molar-refractivity contribution in [2.24, 2.45) is 4.99 Å². The predicted octanol–water partition coefficient (Wildman–Crippen LogP) is 2.65. The maximum atomic E-state index is 13.3. The van der Waals surface area contributed by atoms with Crippen LogP contribution >= 0.6 is 0 Å². The Hall–Kier alpha value is -3.42. The molecule has 0 aliphatic carbocycles. The van der Waals surface area contributed by atoms with Gasteiger partial charge < -0.3 is 15.6 Å². The van der Waals surface area contributed by atoms with Gasteiger partial charge in [-0.3, -0.25) is 4.40 Å². The van der Waals surface area contributed by atoms with Crippen LogP contribution in [-0.2, 0) is 13.0 Å². The van der Waals surface area contributed by atoms with Crippen molar-refractivity contribution in [3.05, 3.63) is 66.0 Å². The minimum absolute atomic E-state index is 0.235. The van der Waals surface area contributed by atoms with Gasteiger partial charge in [-0.05, 0) is 49.2 Å². The van der Waals surface area contributed by atoms with E-state index in [2.05, 4.69) is 30.8 Å². The summed E-state index contributed by atoms with van der Waals surface area (Å²) in [4.78, 5) is 7.73. The van der Waals surface area contributed by atoms with Gasteiger partial charge in [0.1, 0.15) is 12.4 Å². The number of nitrogens with one attached hydrogen (secondary N) is 3. The largest absolute Gasteiger partial charge is 0.361 e. The van der Waals surface area contributed by atoms with Gasteiger partial charge in [-0.2, -0.15) is 0 Å². The fourth-order valence-electron chi connectivity index (χ4n) is 3.17. The molecule has 0 amide bonds. The lowest BCUT2D eigenvalue weighted by molar-refractivity contribution is 0.629. The van der Waals surface area contributed by atoms with E-state index < -0.39 is 0 Å². The zero-order valence-electron chi connectivity index (χ0n) is 15.6. The molecule has 3 N–H and O–H groups in total. The molecule has 0 atom stereocenters. The lowest BCUT2D eigenvalue weighted by Gasteiger charge is -2.10. The number of hydrogen-bond acceptors (Lipinski definition) is 3. The Balaban J connectivity index is 1.41. The van der Waals surface area contributed by atoms with Crippen molar-refractivity contribution in [3.63, 3.8) is 0 Å². The third-order valence-corrected chi connectivity index (χ3v) is 4.52. The number of halogens is 1. The third-order valence-electron chi connectivity index (χ3n) is 4.52. The molecule has 8 heteroatoms. The summed E-state index contributed by atoms with van der Waals surface area (Å²) in [6, 6.07) is 10.6. The summed E-state index contributed by atoms with van der Waals surface area (Å²) in [7, 11) is 0. The summed E-state index contributed by atoms with van der Waals surface area (Å²) in [6.45, 7) is 3.92. The summed E-state index contributed by atoms with van der Waals surface area (Å²) in [5.74, 6) is 1.27. The van der Waals surface area contributed by atoms with E-state index in [0.29, 0.717) is 13.1 Å². The van der Waals surface area contributed by atoms with Gasteiger partial charge in [0.05, 0.1) is 0 Å². The first-order valence-corrected chi connectivity index (χ1v) is 9.31. The number of pyridine rings is 1. The van der Waals surface area contributed by atoms with Crippen LogP contribution in [0.1, 0.15) is 18.3 Å². The lowest BCUT2D eigenvalue weighted by atomic mass is 10.1. The number of nitrogens with zero attached hydrogens (tertiary/aromatic N) is 4. The summed E-state index contributed by atoms with van der Waals surface area (Å²) in [5.41, 5.74) is 2.76. The molecule has 4 rings (SSSR count). The van der Waals surface area contributed by atoms with Gasteiger partial charge in [0.2, 0.25) is 0 Å². The Kier molecular flexibility index (Phi) is 5.18. The molecule has 0 unspecified atom stereocenters. The molecular formula is C20H22FN7. The first-order chi connectivity index (χ1) is 13.7. The highest BCUT2D eigenvalue weighted by Gasteiger charge is 2.07. The Bertz CT molecular complexity index is 1110. The summed E-state index contributed by atoms with van der Waals surface area (Å²) in [5, 5.41) is 16.0. The third kappa shape index (κ3) is 3.80. The molecule has 7 nitrogen and oxygen atoms in total. The standard InChI is InChI=1S/C20H22FN7/c1-2-22-20(25-13-19-27-26-18-5-3-4-10-28(18)19)23-9-8-14-12-24-17-11-15(21)6-7-16(14)17/h3-7,10-12,24H,2,8-9,13H2,1H3,(H2,22,23,25). The van der Waals surface area contributed by atoms with Crippen molar-refractivity contribution < 1.29 is 4.39 Å². The van der Waals surface area contributed by atoms with E-state index in [-0.39, 0.29) is 5.82 Å². The number of hydrogen-bond donors (Lipinski definition) is 3. The number of aliphatic imine (C=N–C) groups is 1. The van der Waals surface area contributed by atoms with E-state index in [1.165, 1.54) is 12.1 Å². The first-order valence-electron chi connectivity index (χ1n) is 9.31. The number of H-pyrrole nitrogens is 1. The van der Waals surface area contributed by atoms with Crippen LogP contribution in [0.3, 0.4) is 0 Å². The number of rotatable bonds is 6. The second kappa shape index (κ2) is 8.08. The molecule has 0 bridgehead atoms. The molecule has 144 valence electrons. The maximum absolute atomic E-state index is 13.3. The number of guanidine groups is 1. The van der Waals surface area contributed by atoms with E-state index in [0.717, 1.165) is 46.9 Å². The Morgan fingerprint density at radius 2 is 2.14 bits per heavy atom. The molecule has 0 aliphatic heterocycles. The molecule has 0 radical (unpaired) electrons. The van der Waals surface area contributed by atoms with Crippen LogP contribution < -0.4 is 10.6 Å². The van der Waals surface area contributed by atoms with Crippen molar-refractivity contribution >= 4 is 22.5 Å². The fraction of sp³-hybridized carbons (Fsp3) is 0.250. The molecule has 4 aromatic rings. The van der Waals surface area contributed by atoms with Crippen LogP contribution in [0.15, 0.2) is 53.8 Å². The SMILES string of the molecule is CCNC(=NCc1nnc2ccccn12)NCCc1c[nH]c2cc(F)ccc12. The average Bonchev–Trinajstić information content (AvgIpc) is 3.30. The van der Waals surface area contributed by atoms with Gasteiger partial charge in [0.25, 0.3) is 0 Å². The smallest absolute Gasteiger partial charge is 0.191 e. The van der Waals surface area contributed by atoms with Gasteiger partial charge in [-0.15, -0.1) is 10.2 Å². The summed E-state index contributed by atoms with van der Waals surface area (Å²) < 4.78 is 15.2. The van der Waals surface area contributed by atoms with Gasteiger partial charge >= 0.3 is 0 Å². The molecule has 0 fully saturated rings.